The van der Waals surface area contributed by atoms with Gasteiger partial charge in [-0.05, 0) is 58.6 Å². The number of aliphatic imine (C=N–C) groups is 1. The molecular weight excluding hydrogens is 529 g/mol. The van der Waals surface area contributed by atoms with Crippen LogP contribution in [0.3, 0.4) is 0 Å². The zero-order valence-corrected chi connectivity index (χ0v) is 22.5. The maximum atomic E-state index is 12.0. The second-order valence-corrected chi connectivity index (χ2v) is 8.98. The van der Waals surface area contributed by atoms with Crippen molar-refractivity contribution in [3.8, 4) is 5.75 Å². The van der Waals surface area contributed by atoms with Crippen LogP contribution in [0, 0.1) is 0 Å². The normalized spacial score (nSPS) is 16.8. The summed E-state index contributed by atoms with van der Waals surface area (Å²) in [5, 5.41) is 9.88. The maximum absolute atomic E-state index is 12.0. The molecule has 33 heavy (non-hydrogen) atoms. The summed E-state index contributed by atoms with van der Waals surface area (Å²) < 4.78 is 6.15. The Kier molecular flexibility index (Phi) is 9.97. The number of fused-ring (bicyclic) bond motifs is 1. The second-order valence-electron chi connectivity index (χ2n) is 8.98. The number of amides is 1. The van der Waals surface area contributed by atoms with Crippen molar-refractivity contribution in [2.24, 2.45) is 4.99 Å². The number of carbonyl (C=O) groups excluding carboxylic acids is 1. The van der Waals surface area contributed by atoms with Gasteiger partial charge in [-0.3, -0.25) is 4.79 Å². The maximum Gasteiger partial charge on any atom is 0.238 e. The Bertz CT molecular complexity index is 961. The molecule has 0 aliphatic carbocycles. The number of likely N-dealkylation sites (N-methyl/N-ethyl adjacent to an activating group) is 1. The van der Waals surface area contributed by atoms with Gasteiger partial charge in [0.15, 0.2) is 5.96 Å². The number of rotatable bonds is 7. The minimum absolute atomic E-state index is 0. The molecule has 0 saturated heterocycles. The topological polar surface area (TPSA) is 78.0 Å². The van der Waals surface area contributed by atoms with Gasteiger partial charge in [0.05, 0.1) is 19.1 Å². The molecule has 0 radical (unpaired) electrons. The number of halogens is 1. The number of anilines is 1. The van der Waals surface area contributed by atoms with E-state index in [1.165, 1.54) is 0 Å². The van der Waals surface area contributed by atoms with Crippen molar-refractivity contribution in [3.63, 3.8) is 0 Å². The van der Waals surface area contributed by atoms with Crippen molar-refractivity contribution in [2.75, 3.05) is 32.5 Å². The first-order chi connectivity index (χ1) is 15.3. The van der Waals surface area contributed by atoms with Crippen LogP contribution in [0.2, 0.25) is 0 Å². The number of guanidine groups is 1. The Labute approximate surface area is 214 Å². The highest BCUT2D eigenvalue weighted by Crippen LogP contribution is 2.39. The predicted molar refractivity (Wildman–Crippen MR) is 145 cm³/mol. The summed E-state index contributed by atoms with van der Waals surface area (Å²) in [6.07, 6.45) is 0.835. The predicted octanol–water partition coefficient (Wildman–Crippen LogP) is 4.16. The lowest BCUT2D eigenvalue weighted by Crippen LogP contribution is -2.45. The van der Waals surface area contributed by atoms with Crippen LogP contribution in [0.5, 0.6) is 5.75 Å². The van der Waals surface area contributed by atoms with Crippen LogP contribution in [0.25, 0.3) is 0 Å². The highest BCUT2D eigenvalue weighted by molar-refractivity contribution is 14.0. The monoisotopic (exact) mass is 565 g/mol. The largest absolute Gasteiger partial charge is 0.487 e. The number of nitrogens with zero attached hydrogens (tertiary/aromatic N) is 2. The number of carbonyl (C=O) groups is 1. The van der Waals surface area contributed by atoms with E-state index in [2.05, 4.69) is 42.8 Å². The van der Waals surface area contributed by atoms with Crippen LogP contribution in [0.4, 0.5) is 5.69 Å². The van der Waals surface area contributed by atoms with Gasteiger partial charge < -0.3 is 25.6 Å². The molecule has 0 saturated carbocycles. The lowest BCUT2D eigenvalue weighted by atomic mass is 9.90. The zero-order valence-electron chi connectivity index (χ0n) is 20.1. The molecule has 180 valence electrons. The molecule has 1 atom stereocenters. The average Bonchev–Trinajstić information content (AvgIpc) is 2.71. The van der Waals surface area contributed by atoms with Crippen molar-refractivity contribution >= 4 is 41.5 Å². The summed E-state index contributed by atoms with van der Waals surface area (Å²) in [6.45, 7) is 7.89. The van der Waals surface area contributed by atoms with Crippen molar-refractivity contribution < 1.29 is 9.53 Å². The molecule has 3 N–H and O–H groups in total. The third-order valence-corrected chi connectivity index (χ3v) is 5.12. The van der Waals surface area contributed by atoms with Crippen LogP contribution >= 0.6 is 24.0 Å². The van der Waals surface area contributed by atoms with Gasteiger partial charge in [-0.2, -0.15) is 0 Å². The van der Waals surface area contributed by atoms with E-state index < -0.39 is 0 Å². The SMILES string of the molecule is CCNC(=NCc1cccc(NC(=O)CN(C)C)c1)NC1CC(C)(C)Oc2ccccc21.I. The van der Waals surface area contributed by atoms with E-state index in [-0.39, 0.29) is 41.5 Å². The van der Waals surface area contributed by atoms with Gasteiger partial charge in [0, 0.05) is 24.2 Å². The summed E-state index contributed by atoms with van der Waals surface area (Å²) >= 11 is 0. The molecule has 3 rings (SSSR count). The van der Waals surface area contributed by atoms with Gasteiger partial charge in [-0.1, -0.05) is 30.3 Å². The number of hydrogen-bond donors (Lipinski definition) is 3. The standard InChI is InChI=1S/C25H35N5O2.HI/c1-6-26-24(29-21-15-25(2,3)32-22-13-8-7-12-20(21)22)27-16-18-10-9-11-19(14-18)28-23(31)17-30(4)5;/h7-14,21H,6,15-17H2,1-5H3,(H,28,31)(H2,26,27,29);1H. The fourth-order valence-corrected chi connectivity index (χ4v) is 3.82. The highest BCUT2D eigenvalue weighted by Gasteiger charge is 2.33. The summed E-state index contributed by atoms with van der Waals surface area (Å²) in [6, 6.07) is 16.1. The lowest BCUT2D eigenvalue weighted by molar-refractivity contribution is -0.116. The third-order valence-electron chi connectivity index (χ3n) is 5.12. The molecule has 0 fully saturated rings. The first-order valence-corrected chi connectivity index (χ1v) is 11.1. The number of hydrogen-bond acceptors (Lipinski definition) is 4. The van der Waals surface area contributed by atoms with Gasteiger partial charge in [0.1, 0.15) is 11.4 Å². The zero-order chi connectivity index (χ0) is 23.1. The van der Waals surface area contributed by atoms with Crippen LogP contribution in [0.15, 0.2) is 53.5 Å². The van der Waals surface area contributed by atoms with Crippen molar-refractivity contribution in [1.29, 1.82) is 0 Å². The molecule has 7 nitrogen and oxygen atoms in total. The Hall–Kier alpha value is -2.33. The van der Waals surface area contributed by atoms with Crippen LogP contribution < -0.4 is 20.7 Å². The average molecular weight is 566 g/mol. The fourth-order valence-electron chi connectivity index (χ4n) is 3.82. The first kappa shape index (κ1) is 26.9. The van der Waals surface area contributed by atoms with Gasteiger partial charge in [0.25, 0.3) is 0 Å². The van der Waals surface area contributed by atoms with E-state index >= 15 is 0 Å². The number of para-hydroxylation sites is 1. The van der Waals surface area contributed by atoms with Crippen molar-refractivity contribution in [1.82, 2.24) is 15.5 Å². The molecule has 0 bridgehead atoms. The second kappa shape index (κ2) is 12.2. The van der Waals surface area contributed by atoms with Crippen LogP contribution in [0.1, 0.15) is 44.4 Å². The molecule has 1 aliphatic heterocycles. The number of benzene rings is 2. The van der Waals surface area contributed by atoms with E-state index in [1.807, 2.05) is 61.5 Å². The smallest absolute Gasteiger partial charge is 0.238 e. The summed E-state index contributed by atoms with van der Waals surface area (Å²) in [4.78, 5) is 18.7. The summed E-state index contributed by atoms with van der Waals surface area (Å²) in [7, 11) is 3.75. The molecule has 1 unspecified atom stereocenters. The Balaban J connectivity index is 0.00000385. The molecule has 1 heterocycles. The molecule has 0 aromatic heterocycles. The van der Waals surface area contributed by atoms with E-state index in [0.717, 1.165) is 41.5 Å². The van der Waals surface area contributed by atoms with Crippen LogP contribution in [-0.2, 0) is 11.3 Å². The van der Waals surface area contributed by atoms with E-state index in [1.54, 1.807) is 0 Å². The Morgan fingerprint density at radius 3 is 2.67 bits per heavy atom. The fraction of sp³-hybridized carbons (Fsp3) is 0.440. The molecule has 1 aliphatic rings. The number of ether oxygens (including phenoxy) is 1. The molecular formula is C25H36IN5O2. The summed E-state index contributed by atoms with van der Waals surface area (Å²) in [5.41, 5.74) is 2.69. The van der Waals surface area contributed by atoms with Crippen molar-refractivity contribution in [3.05, 3.63) is 59.7 Å². The minimum atomic E-state index is -0.261. The molecule has 2 aromatic rings. The third kappa shape index (κ3) is 8.19. The van der Waals surface area contributed by atoms with E-state index in [4.69, 9.17) is 9.73 Å². The Morgan fingerprint density at radius 1 is 1.18 bits per heavy atom. The quantitative estimate of drug-likeness (QED) is 0.267. The number of nitrogens with one attached hydrogen (secondary N) is 3. The van der Waals surface area contributed by atoms with Crippen molar-refractivity contribution in [2.45, 2.75) is 45.4 Å². The van der Waals surface area contributed by atoms with E-state index in [9.17, 15) is 4.79 Å². The highest BCUT2D eigenvalue weighted by atomic mass is 127. The summed E-state index contributed by atoms with van der Waals surface area (Å²) in [5.74, 6) is 1.64. The Morgan fingerprint density at radius 2 is 1.94 bits per heavy atom. The molecule has 1 amide bonds. The van der Waals surface area contributed by atoms with Gasteiger partial charge >= 0.3 is 0 Å². The molecule has 0 spiro atoms. The molecule has 2 aromatic carbocycles. The molecule has 8 heteroatoms. The van der Waals surface area contributed by atoms with E-state index in [0.29, 0.717) is 13.1 Å². The van der Waals surface area contributed by atoms with Crippen LogP contribution in [-0.4, -0.2) is 49.6 Å². The van der Waals surface area contributed by atoms with Gasteiger partial charge in [-0.15, -0.1) is 24.0 Å². The minimum Gasteiger partial charge on any atom is -0.487 e. The van der Waals surface area contributed by atoms with Gasteiger partial charge in [-0.25, -0.2) is 4.99 Å². The van der Waals surface area contributed by atoms with Gasteiger partial charge in [0.2, 0.25) is 5.91 Å². The first-order valence-electron chi connectivity index (χ1n) is 11.1. The lowest BCUT2D eigenvalue weighted by Gasteiger charge is -2.38.